The van der Waals surface area contributed by atoms with Gasteiger partial charge >= 0.3 is 11.9 Å². The Morgan fingerprint density at radius 3 is 1.41 bits per heavy atom. The van der Waals surface area contributed by atoms with E-state index in [0.29, 0.717) is 55.2 Å². The maximum absolute atomic E-state index is 12.7. The van der Waals surface area contributed by atoms with Crippen LogP contribution in [-0.4, -0.2) is 109 Å². The second-order valence-corrected chi connectivity index (χ2v) is 13.2. The topological polar surface area (TPSA) is 198 Å². The maximum Gasteiger partial charge on any atom is 0.323 e. The zero-order valence-corrected chi connectivity index (χ0v) is 30.1. The minimum atomic E-state index is -1.19. The van der Waals surface area contributed by atoms with Gasteiger partial charge in [-0.15, -0.1) is 0 Å². The summed E-state index contributed by atoms with van der Waals surface area (Å²) in [4.78, 5) is 50.9. The highest BCUT2D eigenvalue weighted by molar-refractivity contribution is 6.39. The van der Waals surface area contributed by atoms with E-state index >= 15 is 0 Å². The first kappa shape index (κ1) is 38.5. The molecule has 6 N–H and O–H groups in total. The van der Waals surface area contributed by atoms with Crippen LogP contribution in [0.25, 0.3) is 33.4 Å². The number of carboxylic acids is 2. The van der Waals surface area contributed by atoms with Crippen LogP contribution < -0.4 is 29.9 Å². The first-order chi connectivity index (χ1) is 26.0. The summed E-state index contributed by atoms with van der Waals surface area (Å²) in [6, 6.07) is 19.5. The molecule has 14 nitrogen and oxygen atoms in total. The second kappa shape index (κ2) is 16.8. The highest BCUT2D eigenvalue weighted by Gasteiger charge is 2.29. The third kappa shape index (κ3) is 7.99. The third-order valence-electron chi connectivity index (χ3n) is 9.13. The highest BCUT2D eigenvalue weighted by atomic mass is 35.5. The molecule has 0 unspecified atom stereocenters. The molecule has 4 aromatic carbocycles. The number of hydrogen-bond acceptors (Lipinski definition) is 10. The number of anilines is 2. The van der Waals surface area contributed by atoms with Gasteiger partial charge in [0.05, 0.1) is 34.6 Å². The molecule has 2 heterocycles. The summed E-state index contributed by atoms with van der Waals surface area (Å²) in [6.45, 7) is -0.984. The van der Waals surface area contributed by atoms with Gasteiger partial charge in [0.15, 0.2) is 13.2 Å². The summed E-state index contributed by atoms with van der Waals surface area (Å²) in [5.74, 6) is -2.06. The van der Waals surface area contributed by atoms with Gasteiger partial charge in [0, 0.05) is 48.4 Å². The molecule has 0 aliphatic carbocycles. The molecule has 2 amide bonds. The number of benzene rings is 4. The normalized spacial score (nSPS) is 14.8. The van der Waals surface area contributed by atoms with E-state index in [2.05, 4.69) is 10.6 Å². The smallest absolute Gasteiger partial charge is 0.323 e. The number of carbonyl (C=O) groups excluding carboxylic acids is 2. The van der Waals surface area contributed by atoms with Crippen LogP contribution in [0, 0.1) is 0 Å². The Morgan fingerprint density at radius 1 is 0.648 bits per heavy atom. The molecule has 0 bridgehead atoms. The van der Waals surface area contributed by atoms with Crippen molar-refractivity contribution in [2.75, 3.05) is 62.4 Å². The van der Waals surface area contributed by atoms with Crippen LogP contribution in [0.15, 0.2) is 72.8 Å². The zero-order chi connectivity index (χ0) is 38.5. The number of halogens is 2. The fourth-order valence-electron chi connectivity index (χ4n) is 6.32. The number of aliphatic hydroxyl groups is 2. The summed E-state index contributed by atoms with van der Waals surface area (Å²) in [7, 11) is 0. The number of ether oxygens (including phenoxy) is 2. The Morgan fingerprint density at radius 2 is 1.04 bits per heavy atom. The van der Waals surface area contributed by atoms with Crippen LogP contribution in [0.3, 0.4) is 0 Å². The molecule has 0 radical (unpaired) electrons. The number of amides is 2. The minimum Gasteiger partial charge on any atom is -0.482 e. The lowest BCUT2D eigenvalue weighted by Gasteiger charge is -2.30. The van der Waals surface area contributed by atoms with Gasteiger partial charge in [0.2, 0.25) is 0 Å². The van der Waals surface area contributed by atoms with Gasteiger partial charge in [-0.05, 0) is 35.4 Å². The molecule has 16 heteroatoms. The second-order valence-electron chi connectivity index (χ2n) is 12.4. The van der Waals surface area contributed by atoms with Crippen molar-refractivity contribution in [1.82, 2.24) is 10.6 Å². The number of carbonyl (C=O) groups is 4. The molecule has 6 rings (SSSR count). The lowest BCUT2D eigenvalue weighted by atomic mass is 9.95. The molecular weight excluding hydrogens is 743 g/mol. The Hall–Kier alpha value is -5.22. The van der Waals surface area contributed by atoms with E-state index in [-0.39, 0.29) is 51.2 Å². The van der Waals surface area contributed by atoms with Crippen molar-refractivity contribution in [1.29, 1.82) is 0 Å². The average molecular weight is 780 g/mol. The van der Waals surface area contributed by atoms with Gasteiger partial charge in [0.1, 0.15) is 23.6 Å². The lowest BCUT2D eigenvalue weighted by molar-refractivity contribution is -0.141. The van der Waals surface area contributed by atoms with Crippen molar-refractivity contribution < 1.29 is 49.1 Å². The molecule has 54 heavy (non-hydrogen) atoms. The van der Waals surface area contributed by atoms with Gasteiger partial charge in [-0.25, -0.2) is 0 Å². The van der Waals surface area contributed by atoms with Gasteiger partial charge in [-0.1, -0.05) is 71.7 Å². The van der Waals surface area contributed by atoms with Gasteiger partial charge in [-0.3, -0.25) is 19.2 Å². The minimum absolute atomic E-state index is 0.134. The van der Waals surface area contributed by atoms with E-state index in [1.807, 2.05) is 48.5 Å². The van der Waals surface area contributed by atoms with Gasteiger partial charge in [0.25, 0.3) is 11.8 Å². The first-order valence-corrected chi connectivity index (χ1v) is 17.6. The molecule has 0 spiro atoms. The van der Waals surface area contributed by atoms with E-state index in [9.17, 15) is 39.6 Å². The first-order valence-electron chi connectivity index (χ1n) is 16.9. The van der Waals surface area contributed by atoms with Crippen molar-refractivity contribution in [2.24, 2.45) is 0 Å². The number of fused-ring (bicyclic) bond motifs is 2. The Labute approximate surface area is 319 Å². The molecule has 0 saturated carbocycles. The molecule has 4 aromatic rings. The number of aliphatic carboxylic acids is 2. The number of aliphatic hydroxyl groups excluding tert-OH is 2. The Bertz CT molecular complexity index is 1950. The Balaban J connectivity index is 1.24. The SMILES string of the molecule is O=C(O)[C@H](CO)NCCN1C(=O)COc2cc(-c3cccc(-c4cccc(-c5ccc6c(c5)OCC(=O)N6CCN[C@@H](CO)C(=O)O)c4Cl)c3Cl)ccc21. The molecule has 0 saturated heterocycles. The predicted molar refractivity (Wildman–Crippen MR) is 201 cm³/mol. The average Bonchev–Trinajstić information content (AvgIpc) is 3.16. The van der Waals surface area contributed by atoms with E-state index in [4.69, 9.17) is 32.7 Å². The van der Waals surface area contributed by atoms with Crippen molar-refractivity contribution >= 4 is 58.3 Å². The van der Waals surface area contributed by atoms with Crippen LogP contribution in [0.1, 0.15) is 0 Å². The molecular formula is C38H36Cl2N4O10. The highest BCUT2D eigenvalue weighted by Crippen LogP contribution is 2.45. The molecule has 2 atom stereocenters. The third-order valence-corrected chi connectivity index (χ3v) is 9.94. The molecule has 2 aliphatic heterocycles. The van der Waals surface area contributed by atoms with Crippen molar-refractivity contribution in [3.63, 3.8) is 0 Å². The van der Waals surface area contributed by atoms with Gasteiger partial charge < -0.3 is 50.3 Å². The standard InChI is InChI=1S/C38H36Cl2N4O10/c39-35-23(21-7-9-29-31(15-21)53-19-33(47)43(29)13-11-41-27(17-45)37(49)50)3-1-5-25(35)26-6-2-4-24(36(26)40)22-8-10-30-32(16-22)54-20-34(48)44(30)14-12-42-28(18-46)38(51)52/h1-10,15-16,27-28,41-42,45-46H,11-14,17-20H2,(H,49,50)(H,51,52)/t27-,28-/m0/s1. The molecule has 282 valence electrons. The van der Waals surface area contributed by atoms with Crippen LogP contribution in [0.5, 0.6) is 11.5 Å². The fourth-order valence-corrected chi connectivity index (χ4v) is 7.00. The van der Waals surface area contributed by atoms with Crippen LogP contribution in [-0.2, 0) is 19.2 Å². The van der Waals surface area contributed by atoms with Gasteiger partial charge in [-0.2, -0.15) is 0 Å². The summed E-state index contributed by atoms with van der Waals surface area (Å²) in [5, 5.41) is 43.2. The largest absolute Gasteiger partial charge is 0.482 e. The summed E-state index contributed by atoms with van der Waals surface area (Å²) in [5.41, 5.74) is 5.19. The van der Waals surface area contributed by atoms with E-state index < -0.39 is 37.2 Å². The monoisotopic (exact) mass is 778 g/mol. The van der Waals surface area contributed by atoms with E-state index in [1.54, 1.807) is 24.3 Å². The number of rotatable bonds is 15. The molecule has 2 aliphatic rings. The summed E-state index contributed by atoms with van der Waals surface area (Å²) in [6.07, 6.45) is 0. The van der Waals surface area contributed by atoms with Crippen LogP contribution in [0.4, 0.5) is 11.4 Å². The Kier molecular flexibility index (Phi) is 12.0. The van der Waals surface area contributed by atoms with Crippen molar-refractivity contribution in [3.8, 4) is 44.9 Å². The van der Waals surface area contributed by atoms with E-state index in [1.165, 1.54) is 9.80 Å². The van der Waals surface area contributed by atoms with Crippen molar-refractivity contribution in [2.45, 2.75) is 12.1 Å². The predicted octanol–water partition coefficient (Wildman–Crippen LogP) is 3.52. The molecule has 0 fully saturated rings. The van der Waals surface area contributed by atoms with Crippen molar-refractivity contribution in [3.05, 3.63) is 82.8 Å². The van der Waals surface area contributed by atoms with Crippen LogP contribution in [0.2, 0.25) is 10.0 Å². The quantitative estimate of drug-likeness (QED) is 0.103. The summed E-state index contributed by atoms with van der Waals surface area (Å²) < 4.78 is 11.5. The molecule has 0 aromatic heterocycles. The lowest BCUT2D eigenvalue weighted by Crippen LogP contribution is -2.46. The maximum atomic E-state index is 12.7. The number of nitrogens with one attached hydrogen (secondary N) is 2. The van der Waals surface area contributed by atoms with E-state index in [0.717, 1.165) is 11.1 Å². The zero-order valence-electron chi connectivity index (χ0n) is 28.6. The summed E-state index contributed by atoms with van der Waals surface area (Å²) >= 11 is 14.2. The number of hydrogen-bond donors (Lipinski definition) is 6. The fraction of sp³-hybridized carbons (Fsp3) is 0.263. The number of nitrogens with zero attached hydrogens (tertiary/aromatic N) is 2. The number of carboxylic acid groups (broad SMARTS) is 2. The van der Waals surface area contributed by atoms with Crippen LogP contribution >= 0.6 is 23.2 Å².